The molecule has 2 aliphatic rings. The number of fused-ring (bicyclic) bond motifs is 1. The summed E-state index contributed by atoms with van der Waals surface area (Å²) < 4.78 is 18.4. The average molecular weight is 564 g/mol. The Morgan fingerprint density at radius 3 is 2.52 bits per heavy atom. The van der Waals surface area contributed by atoms with Crippen molar-refractivity contribution in [3.05, 3.63) is 77.0 Å². The highest BCUT2D eigenvalue weighted by Crippen LogP contribution is 2.37. The highest BCUT2D eigenvalue weighted by molar-refractivity contribution is 7.98. The van der Waals surface area contributed by atoms with Crippen molar-refractivity contribution in [1.29, 1.82) is 0 Å². The number of thioether (sulfide) groups is 1. The number of aromatic nitrogens is 3. The van der Waals surface area contributed by atoms with Gasteiger partial charge in [0, 0.05) is 24.5 Å². The smallest absolute Gasteiger partial charge is 0.338 e. The Balaban J connectivity index is 1.37. The molecule has 11 heteroatoms. The summed E-state index contributed by atoms with van der Waals surface area (Å²) in [4.78, 5) is 32.2. The van der Waals surface area contributed by atoms with Crippen LogP contribution in [-0.4, -0.2) is 70.6 Å². The van der Waals surface area contributed by atoms with Crippen LogP contribution in [0.3, 0.4) is 0 Å². The van der Waals surface area contributed by atoms with Gasteiger partial charge >= 0.3 is 5.97 Å². The monoisotopic (exact) mass is 563 g/mol. The normalized spacial score (nSPS) is 16.9. The fourth-order valence-corrected chi connectivity index (χ4v) is 5.35. The van der Waals surface area contributed by atoms with E-state index >= 15 is 0 Å². The Kier molecular flexibility index (Phi) is 8.71. The van der Waals surface area contributed by atoms with Crippen molar-refractivity contribution in [3.63, 3.8) is 0 Å². The van der Waals surface area contributed by atoms with Crippen molar-refractivity contribution >= 4 is 29.6 Å². The molecule has 0 spiro atoms. The molecule has 1 N–H and O–H groups in total. The van der Waals surface area contributed by atoms with Crippen LogP contribution in [0.5, 0.6) is 5.75 Å². The lowest BCUT2D eigenvalue weighted by atomic mass is 9.95. The number of rotatable bonds is 9. The minimum atomic E-state index is -0.551. The van der Waals surface area contributed by atoms with Gasteiger partial charge < -0.3 is 24.4 Å². The predicted octanol–water partition coefficient (Wildman–Crippen LogP) is 4.05. The minimum Gasteiger partial charge on any atom is -0.484 e. The van der Waals surface area contributed by atoms with E-state index in [1.165, 1.54) is 17.3 Å². The fourth-order valence-electron chi connectivity index (χ4n) is 4.56. The standard InChI is InChI=1S/C29H33N5O5S/c1-19(2)39-27(36)25-20(3)30-28-31-29(40-18-21-7-5-4-6-8-21)32-34(28)26(25)22-9-11-23(12-10-22)38-17-24(35)33-13-15-37-16-14-33/h4-12,19,26H,13-18H2,1-3H3,(H,30,31,32). The zero-order valence-corrected chi connectivity index (χ0v) is 23.6. The molecule has 3 heterocycles. The van der Waals surface area contributed by atoms with E-state index in [1.807, 2.05) is 51.1 Å². The molecular weight excluding hydrogens is 530 g/mol. The van der Waals surface area contributed by atoms with E-state index in [4.69, 9.17) is 24.3 Å². The molecule has 0 aliphatic carbocycles. The van der Waals surface area contributed by atoms with E-state index in [-0.39, 0.29) is 18.6 Å². The maximum Gasteiger partial charge on any atom is 0.338 e. The second kappa shape index (κ2) is 12.6. The maximum absolute atomic E-state index is 13.3. The predicted molar refractivity (Wildman–Crippen MR) is 151 cm³/mol. The molecule has 5 rings (SSSR count). The average Bonchev–Trinajstić information content (AvgIpc) is 3.37. The second-order valence-electron chi connectivity index (χ2n) is 9.81. The van der Waals surface area contributed by atoms with Gasteiger partial charge in [0.2, 0.25) is 11.1 Å². The number of ether oxygens (including phenoxy) is 3. The summed E-state index contributed by atoms with van der Waals surface area (Å²) in [6, 6.07) is 16.9. The van der Waals surface area contributed by atoms with E-state index in [9.17, 15) is 9.59 Å². The van der Waals surface area contributed by atoms with Gasteiger partial charge in [0.05, 0.1) is 24.9 Å². The lowest BCUT2D eigenvalue weighted by Crippen LogP contribution is -2.42. The zero-order valence-electron chi connectivity index (χ0n) is 22.8. The highest BCUT2D eigenvalue weighted by Gasteiger charge is 2.35. The van der Waals surface area contributed by atoms with E-state index in [0.29, 0.717) is 54.4 Å². The third-order valence-corrected chi connectivity index (χ3v) is 7.44. The molecule has 1 atom stereocenters. The van der Waals surface area contributed by atoms with E-state index in [2.05, 4.69) is 17.4 Å². The van der Waals surface area contributed by atoms with Crippen LogP contribution in [0.4, 0.5) is 5.95 Å². The van der Waals surface area contributed by atoms with Crippen LogP contribution in [0.15, 0.2) is 71.0 Å². The lowest BCUT2D eigenvalue weighted by molar-refractivity contribution is -0.143. The SMILES string of the molecule is CC1=C(C(=O)OC(C)C)C(c2ccc(OCC(=O)N3CCOCC3)cc2)n2nc(SCc3ccccc3)nc2N1. The number of nitrogens with one attached hydrogen (secondary N) is 1. The molecule has 40 heavy (non-hydrogen) atoms. The number of benzene rings is 2. The first-order chi connectivity index (χ1) is 19.4. The number of nitrogens with zero attached hydrogens (tertiary/aromatic N) is 4. The van der Waals surface area contributed by atoms with Crippen LogP contribution in [0.1, 0.15) is 37.9 Å². The number of anilines is 1. The number of allylic oxidation sites excluding steroid dienone is 1. The lowest BCUT2D eigenvalue weighted by Gasteiger charge is -2.28. The quantitative estimate of drug-likeness (QED) is 0.305. The molecule has 1 unspecified atom stereocenters. The Labute approximate surface area is 237 Å². The van der Waals surface area contributed by atoms with Crippen LogP contribution in [0, 0.1) is 0 Å². The van der Waals surface area contributed by atoms with Crippen LogP contribution in [0.25, 0.3) is 0 Å². The number of carbonyl (C=O) groups is 2. The van der Waals surface area contributed by atoms with E-state index in [1.54, 1.807) is 21.7 Å². The minimum absolute atomic E-state index is 0.0487. The number of hydrogen-bond acceptors (Lipinski definition) is 9. The van der Waals surface area contributed by atoms with Crippen LogP contribution >= 0.6 is 11.8 Å². The summed E-state index contributed by atoms with van der Waals surface area (Å²) in [5.74, 6) is 1.34. The summed E-state index contributed by atoms with van der Waals surface area (Å²) in [6.45, 7) is 7.67. The second-order valence-corrected chi connectivity index (χ2v) is 10.8. The van der Waals surface area contributed by atoms with Crippen molar-refractivity contribution in [2.75, 3.05) is 38.2 Å². The van der Waals surface area contributed by atoms with Gasteiger partial charge in [-0.25, -0.2) is 9.48 Å². The highest BCUT2D eigenvalue weighted by atomic mass is 32.2. The van der Waals surface area contributed by atoms with Gasteiger partial charge in [-0.05, 0) is 44.0 Å². The summed E-state index contributed by atoms with van der Waals surface area (Å²) in [5, 5.41) is 8.61. The maximum atomic E-state index is 13.3. The number of hydrogen-bond donors (Lipinski definition) is 1. The van der Waals surface area contributed by atoms with Crippen molar-refractivity contribution in [1.82, 2.24) is 19.7 Å². The van der Waals surface area contributed by atoms with Gasteiger partial charge in [0.25, 0.3) is 5.91 Å². The summed E-state index contributed by atoms with van der Waals surface area (Å²) in [6.07, 6.45) is -0.276. The largest absolute Gasteiger partial charge is 0.484 e. The first kappa shape index (κ1) is 27.7. The molecule has 1 aromatic heterocycles. The number of morpholine rings is 1. The summed E-state index contributed by atoms with van der Waals surface area (Å²) in [5.41, 5.74) is 3.10. The molecule has 10 nitrogen and oxygen atoms in total. The van der Waals surface area contributed by atoms with E-state index in [0.717, 1.165) is 11.3 Å². The third kappa shape index (κ3) is 6.48. The van der Waals surface area contributed by atoms with Gasteiger partial charge in [-0.3, -0.25) is 4.79 Å². The molecule has 1 amide bonds. The van der Waals surface area contributed by atoms with Gasteiger partial charge in [-0.1, -0.05) is 54.2 Å². The van der Waals surface area contributed by atoms with Gasteiger partial charge in [0.15, 0.2) is 6.61 Å². The number of amides is 1. The molecule has 2 aliphatic heterocycles. The fraction of sp³-hybridized carbons (Fsp3) is 0.379. The van der Waals surface area contributed by atoms with Crippen molar-refractivity contribution in [3.8, 4) is 5.75 Å². The summed E-state index contributed by atoms with van der Waals surface area (Å²) >= 11 is 1.53. The molecule has 1 saturated heterocycles. The number of carbonyl (C=O) groups excluding carboxylic acids is 2. The Morgan fingerprint density at radius 2 is 1.82 bits per heavy atom. The van der Waals surface area contributed by atoms with Crippen molar-refractivity contribution < 1.29 is 23.8 Å². The molecule has 0 saturated carbocycles. The Hall–Kier alpha value is -3.83. The molecule has 2 aromatic carbocycles. The number of esters is 1. The van der Waals surface area contributed by atoms with Crippen LogP contribution in [0.2, 0.25) is 0 Å². The zero-order chi connectivity index (χ0) is 28.1. The van der Waals surface area contributed by atoms with Gasteiger partial charge in [0.1, 0.15) is 11.8 Å². The van der Waals surface area contributed by atoms with Crippen LogP contribution < -0.4 is 10.1 Å². The Bertz CT molecular complexity index is 1370. The Morgan fingerprint density at radius 1 is 1.10 bits per heavy atom. The molecule has 3 aromatic rings. The molecule has 1 fully saturated rings. The van der Waals surface area contributed by atoms with Crippen molar-refractivity contribution in [2.24, 2.45) is 0 Å². The molecule has 0 bridgehead atoms. The van der Waals surface area contributed by atoms with Gasteiger partial charge in [-0.15, -0.1) is 5.10 Å². The first-order valence-corrected chi connectivity index (χ1v) is 14.3. The molecular formula is C29H33N5O5S. The van der Waals surface area contributed by atoms with Gasteiger partial charge in [-0.2, -0.15) is 4.98 Å². The topological polar surface area (TPSA) is 108 Å². The molecule has 0 radical (unpaired) electrons. The van der Waals surface area contributed by atoms with Crippen molar-refractivity contribution in [2.45, 2.75) is 43.8 Å². The first-order valence-electron chi connectivity index (χ1n) is 13.3. The van der Waals surface area contributed by atoms with Crippen LogP contribution in [-0.2, 0) is 24.8 Å². The molecule has 210 valence electrons. The third-order valence-electron chi connectivity index (χ3n) is 6.53. The van der Waals surface area contributed by atoms with E-state index < -0.39 is 12.0 Å². The summed E-state index contributed by atoms with van der Waals surface area (Å²) in [7, 11) is 0.